The summed E-state index contributed by atoms with van der Waals surface area (Å²) in [5, 5.41) is 5.32. The Hall–Kier alpha value is -2.73. The molecule has 1 fully saturated rings. The van der Waals surface area contributed by atoms with E-state index in [1.54, 1.807) is 6.20 Å². The highest BCUT2D eigenvalue weighted by Crippen LogP contribution is 2.23. The normalized spacial score (nSPS) is 15.4. The SMILES string of the molecule is Cc1cc(C(=O)N2CCN(Cc3ccc(C(C)C)cc3)CC2)c2cnn(C(C)C)c2n1. The standard InChI is InChI=1S/C25H33N5O/c1-17(2)21-8-6-20(7-9-21)16-28-10-12-29(13-11-28)25(31)22-14-19(5)27-24-23(22)15-26-30(24)18(3)4/h6-9,14-15,17-18H,10-13,16H2,1-5H3. The van der Waals surface area contributed by atoms with E-state index in [4.69, 9.17) is 0 Å². The fourth-order valence-electron chi connectivity index (χ4n) is 4.24. The van der Waals surface area contributed by atoms with Crippen molar-refractivity contribution in [2.24, 2.45) is 0 Å². The van der Waals surface area contributed by atoms with Gasteiger partial charge in [0, 0.05) is 44.5 Å². The third kappa shape index (κ3) is 4.49. The molecule has 0 radical (unpaired) electrons. The van der Waals surface area contributed by atoms with Crippen molar-refractivity contribution in [1.82, 2.24) is 24.6 Å². The first-order chi connectivity index (χ1) is 14.8. The molecule has 31 heavy (non-hydrogen) atoms. The molecule has 1 saturated heterocycles. The van der Waals surface area contributed by atoms with Crippen LogP contribution in [0.25, 0.3) is 11.0 Å². The molecule has 0 bridgehead atoms. The molecule has 1 aromatic carbocycles. The second-order valence-electron chi connectivity index (χ2n) is 9.20. The van der Waals surface area contributed by atoms with Crippen LogP contribution in [0, 0.1) is 6.92 Å². The van der Waals surface area contributed by atoms with Crippen molar-refractivity contribution in [2.45, 2.75) is 53.1 Å². The van der Waals surface area contributed by atoms with Gasteiger partial charge in [-0.2, -0.15) is 5.10 Å². The first kappa shape index (κ1) is 21.5. The molecular weight excluding hydrogens is 386 g/mol. The van der Waals surface area contributed by atoms with E-state index in [1.165, 1.54) is 11.1 Å². The van der Waals surface area contributed by atoms with Gasteiger partial charge in [-0.1, -0.05) is 38.1 Å². The molecule has 1 aliphatic rings. The van der Waals surface area contributed by atoms with Crippen molar-refractivity contribution < 1.29 is 4.79 Å². The Kier molecular flexibility index (Phi) is 6.10. The van der Waals surface area contributed by atoms with E-state index >= 15 is 0 Å². The molecule has 6 heteroatoms. The summed E-state index contributed by atoms with van der Waals surface area (Å²) in [4.78, 5) is 22.4. The minimum atomic E-state index is 0.0831. The maximum absolute atomic E-state index is 13.4. The third-order valence-corrected chi connectivity index (χ3v) is 6.13. The number of nitrogens with zero attached hydrogens (tertiary/aromatic N) is 5. The zero-order valence-corrected chi connectivity index (χ0v) is 19.3. The number of hydrogen-bond donors (Lipinski definition) is 0. The molecule has 0 spiro atoms. The largest absolute Gasteiger partial charge is 0.336 e. The van der Waals surface area contributed by atoms with Crippen molar-refractivity contribution in [2.75, 3.05) is 26.2 Å². The average molecular weight is 420 g/mol. The highest BCUT2D eigenvalue weighted by Gasteiger charge is 2.25. The van der Waals surface area contributed by atoms with Crippen LogP contribution in [0.15, 0.2) is 36.5 Å². The number of benzene rings is 1. The monoisotopic (exact) mass is 419 g/mol. The highest BCUT2D eigenvalue weighted by molar-refractivity contribution is 6.05. The topological polar surface area (TPSA) is 54.3 Å². The summed E-state index contributed by atoms with van der Waals surface area (Å²) in [5.74, 6) is 0.638. The lowest BCUT2D eigenvalue weighted by Gasteiger charge is -2.35. The smallest absolute Gasteiger partial charge is 0.254 e. The summed E-state index contributed by atoms with van der Waals surface area (Å²) in [6, 6.07) is 11.0. The lowest BCUT2D eigenvalue weighted by Crippen LogP contribution is -2.48. The van der Waals surface area contributed by atoms with E-state index in [0.29, 0.717) is 11.5 Å². The van der Waals surface area contributed by atoms with Crippen molar-refractivity contribution in [3.05, 3.63) is 58.9 Å². The van der Waals surface area contributed by atoms with Crippen LogP contribution in [-0.4, -0.2) is 56.7 Å². The van der Waals surface area contributed by atoms with Crippen LogP contribution in [-0.2, 0) is 6.54 Å². The lowest BCUT2D eigenvalue weighted by molar-refractivity contribution is 0.0630. The molecule has 0 atom stereocenters. The van der Waals surface area contributed by atoms with E-state index in [2.05, 4.69) is 66.9 Å². The number of aryl methyl sites for hydroxylation is 1. The number of pyridine rings is 1. The quantitative estimate of drug-likeness (QED) is 0.615. The average Bonchev–Trinajstić information content (AvgIpc) is 3.17. The van der Waals surface area contributed by atoms with E-state index in [1.807, 2.05) is 22.6 Å². The second-order valence-corrected chi connectivity index (χ2v) is 9.20. The first-order valence-corrected chi connectivity index (χ1v) is 11.3. The number of fused-ring (bicyclic) bond motifs is 1. The number of piperazine rings is 1. The molecule has 0 saturated carbocycles. The Morgan fingerprint density at radius 3 is 2.32 bits per heavy atom. The zero-order valence-electron chi connectivity index (χ0n) is 19.3. The summed E-state index contributed by atoms with van der Waals surface area (Å²) < 4.78 is 1.89. The Labute approximate surface area is 184 Å². The van der Waals surface area contributed by atoms with Gasteiger partial charge >= 0.3 is 0 Å². The van der Waals surface area contributed by atoms with Gasteiger partial charge in [0.2, 0.25) is 0 Å². The van der Waals surface area contributed by atoms with Crippen LogP contribution < -0.4 is 0 Å². The molecule has 3 aromatic rings. The Balaban J connectivity index is 1.44. The predicted octanol–water partition coefficient (Wildman–Crippen LogP) is 4.40. The molecule has 2 aromatic heterocycles. The first-order valence-electron chi connectivity index (χ1n) is 11.3. The van der Waals surface area contributed by atoms with Crippen LogP contribution >= 0.6 is 0 Å². The van der Waals surface area contributed by atoms with Crippen molar-refractivity contribution >= 4 is 16.9 Å². The van der Waals surface area contributed by atoms with Gasteiger partial charge < -0.3 is 4.90 Å². The number of aromatic nitrogens is 3. The summed E-state index contributed by atoms with van der Waals surface area (Å²) in [7, 11) is 0. The molecule has 164 valence electrons. The van der Waals surface area contributed by atoms with Crippen molar-refractivity contribution in [3.8, 4) is 0 Å². The van der Waals surface area contributed by atoms with Gasteiger partial charge in [-0.3, -0.25) is 9.69 Å². The molecule has 4 rings (SSSR count). The van der Waals surface area contributed by atoms with Gasteiger partial charge in [-0.05, 0) is 43.9 Å². The van der Waals surface area contributed by atoms with E-state index < -0.39 is 0 Å². The molecular formula is C25H33N5O. The van der Waals surface area contributed by atoms with Crippen LogP contribution in [0.3, 0.4) is 0 Å². The van der Waals surface area contributed by atoms with Gasteiger partial charge in [-0.25, -0.2) is 9.67 Å². The van der Waals surface area contributed by atoms with Crippen LogP contribution in [0.2, 0.25) is 0 Å². The number of carbonyl (C=O) groups is 1. The fourth-order valence-corrected chi connectivity index (χ4v) is 4.24. The number of rotatable bonds is 5. The molecule has 0 unspecified atom stereocenters. The Morgan fingerprint density at radius 2 is 1.71 bits per heavy atom. The van der Waals surface area contributed by atoms with Gasteiger partial charge in [0.05, 0.1) is 17.1 Å². The molecule has 6 nitrogen and oxygen atoms in total. The second kappa shape index (κ2) is 8.79. The van der Waals surface area contributed by atoms with E-state index in [0.717, 1.165) is 49.5 Å². The van der Waals surface area contributed by atoms with Gasteiger partial charge in [0.25, 0.3) is 5.91 Å². The van der Waals surface area contributed by atoms with E-state index in [9.17, 15) is 4.79 Å². The predicted molar refractivity (Wildman–Crippen MR) is 124 cm³/mol. The van der Waals surface area contributed by atoms with Crippen LogP contribution in [0.5, 0.6) is 0 Å². The summed E-state index contributed by atoms with van der Waals surface area (Å²) in [6.45, 7) is 14.7. The van der Waals surface area contributed by atoms with E-state index in [-0.39, 0.29) is 11.9 Å². The molecule has 0 aliphatic carbocycles. The van der Waals surface area contributed by atoms with Crippen molar-refractivity contribution in [1.29, 1.82) is 0 Å². The maximum atomic E-state index is 13.4. The molecule has 0 N–H and O–H groups in total. The minimum Gasteiger partial charge on any atom is -0.336 e. The minimum absolute atomic E-state index is 0.0831. The maximum Gasteiger partial charge on any atom is 0.254 e. The molecule has 1 amide bonds. The van der Waals surface area contributed by atoms with Gasteiger partial charge in [0.1, 0.15) is 0 Å². The number of carbonyl (C=O) groups excluding carboxylic acids is 1. The number of amides is 1. The van der Waals surface area contributed by atoms with Gasteiger partial charge in [0.15, 0.2) is 5.65 Å². The Morgan fingerprint density at radius 1 is 1.03 bits per heavy atom. The lowest BCUT2D eigenvalue weighted by atomic mass is 10.0. The summed E-state index contributed by atoms with van der Waals surface area (Å²) in [6.07, 6.45) is 1.78. The molecule has 1 aliphatic heterocycles. The van der Waals surface area contributed by atoms with Crippen LogP contribution in [0.1, 0.15) is 66.8 Å². The van der Waals surface area contributed by atoms with Gasteiger partial charge in [-0.15, -0.1) is 0 Å². The van der Waals surface area contributed by atoms with Crippen LogP contribution in [0.4, 0.5) is 0 Å². The number of hydrogen-bond acceptors (Lipinski definition) is 4. The summed E-state index contributed by atoms with van der Waals surface area (Å²) in [5.41, 5.74) is 5.06. The fraction of sp³-hybridized carbons (Fsp3) is 0.480. The zero-order chi connectivity index (χ0) is 22.1. The van der Waals surface area contributed by atoms with Crippen molar-refractivity contribution in [3.63, 3.8) is 0 Å². The Bertz CT molecular complexity index is 1060. The highest BCUT2D eigenvalue weighted by atomic mass is 16.2. The third-order valence-electron chi connectivity index (χ3n) is 6.13. The summed E-state index contributed by atoms with van der Waals surface area (Å²) >= 11 is 0. The molecule has 3 heterocycles.